The summed E-state index contributed by atoms with van der Waals surface area (Å²) < 4.78 is 34.0. The van der Waals surface area contributed by atoms with E-state index >= 15 is 4.39 Å². The second-order valence-corrected chi connectivity index (χ2v) is 10.1. The second-order valence-electron chi connectivity index (χ2n) is 10.1. The molecule has 0 saturated heterocycles. The van der Waals surface area contributed by atoms with Crippen molar-refractivity contribution in [1.29, 1.82) is 5.26 Å². The van der Waals surface area contributed by atoms with Crippen molar-refractivity contribution < 1.29 is 18.3 Å². The molecule has 4 rings (SSSR count). The Labute approximate surface area is 201 Å². The Morgan fingerprint density at radius 1 is 1.00 bits per heavy atom. The highest BCUT2D eigenvalue weighted by Crippen LogP contribution is 2.48. The lowest BCUT2D eigenvalue weighted by Gasteiger charge is -2.42. The predicted molar refractivity (Wildman–Crippen MR) is 128 cm³/mol. The third-order valence-electron chi connectivity index (χ3n) is 7.89. The number of rotatable bonds is 7. The molecule has 34 heavy (non-hydrogen) atoms. The van der Waals surface area contributed by atoms with Gasteiger partial charge in [-0.25, -0.2) is 13.6 Å². The fourth-order valence-electron chi connectivity index (χ4n) is 6.02. The van der Waals surface area contributed by atoms with Gasteiger partial charge in [0.2, 0.25) is 0 Å². The molecule has 0 radical (unpaired) electrons. The van der Waals surface area contributed by atoms with Crippen molar-refractivity contribution in [1.82, 2.24) is 0 Å². The van der Waals surface area contributed by atoms with Crippen LogP contribution in [0.4, 0.5) is 8.78 Å². The number of unbranched alkanes of at least 4 members (excludes halogenated alkanes) is 2. The minimum Gasteiger partial charge on any atom is -0.423 e. The maximum Gasteiger partial charge on any atom is 0.343 e. The first kappa shape index (κ1) is 24.4. The van der Waals surface area contributed by atoms with Crippen molar-refractivity contribution in [2.45, 2.75) is 77.0 Å². The Balaban J connectivity index is 1.36. The van der Waals surface area contributed by atoms with Crippen LogP contribution in [0.1, 0.15) is 98.5 Å². The maximum absolute atomic E-state index is 15.1. The fraction of sp³-hybridized carbons (Fsp3) is 0.517. The van der Waals surface area contributed by atoms with Gasteiger partial charge in [-0.1, -0.05) is 45.1 Å². The normalized spacial score (nSPS) is 24.2. The molecule has 0 bridgehead atoms. The van der Waals surface area contributed by atoms with Crippen LogP contribution in [0.5, 0.6) is 5.75 Å². The first-order chi connectivity index (χ1) is 16.5. The molecule has 0 aliphatic heterocycles. The number of esters is 1. The Bertz CT molecular complexity index is 1060. The first-order valence-corrected chi connectivity index (χ1v) is 12.7. The Morgan fingerprint density at radius 2 is 1.79 bits per heavy atom. The summed E-state index contributed by atoms with van der Waals surface area (Å²) >= 11 is 0. The molecule has 0 heterocycles. The number of fused-ring (bicyclic) bond motifs is 1. The average molecular weight is 466 g/mol. The molecule has 0 aromatic heterocycles. The monoisotopic (exact) mass is 465 g/mol. The number of ether oxygens (including phenoxy) is 1. The number of hydrogen-bond donors (Lipinski definition) is 0. The summed E-state index contributed by atoms with van der Waals surface area (Å²) in [5.41, 5.74) is 0.645. The number of hydrogen-bond acceptors (Lipinski definition) is 3. The molecule has 2 aliphatic carbocycles. The Kier molecular flexibility index (Phi) is 7.98. The third kappa shape index (κ3) is 5.66. The first-order valence-electron chi connectivity index (χ1n) is 12.7. The summed E-state index contributed by atoms with van der Waals surface area (Å²) in [5.74, 6) is 0.608. The smallest absolute Gasteiger partial charge is 0.343 e. The molecule has 180 valence electrons. The maximum atomic E-state index is 15.1. The molecule has 3 nitrogen and oxygen atoms in total. The van der Waals surface area contributed by atoms with Gasteiger partial charge in [0.1, 0.15) is 23.5 Å². The molecule has 4 unspecified atom stereocenters. The van der Waals surface area contributed by atoms with Crippen molar-refractivity contribution in [3.63, 3.8) is 0 Å². The van der Waals surface area contributed by atoms with Crippen LogP contribution in [0, 0.1) is 40.7 Å². The highest BCUT2D eigenvalue weighted by molar-refractivity contribution is 5.91. The molecule has 4 atom stereocenters. The lowest BCUT2D eigenvalue weighted by molar-refractivity contribution is 0.0733. The van der Waals surface area contributed by atoms with Crippen molar-refractivity contribution >= 4 is 5.97 Å². The third-order valence-corrected chi connectivity index (χ3v) is 7.89. The average Bonchev–Trinajstić information content (AvgIpc) is 2.84. The van der Waals surface area contributed by atoms with E-state index in [4.69, 9.17) is 10.00 Å². The van der Waals surface area contributed by atoms with Gasteiger partial charge in [-0.2, -0.15) is 5.26 Å². The standard InChI is InChI=1S/C29H33F2NO2/c1-2-3-4-5-19-6-7-21-15-22(9-8-20(21)14-19)26-13-11-23(16-28(26)31)29(33)34-25-12-10-24(18-32)27(30)17-25/h10-13,16-17,19-22H,2-9,14-15H2,1H3. The van der Waals surface area contributed by atoms with Crippen LogP contribution in [-0.4, -0.2) is 5.97 Å². The highest BCUT2D eigenvalue weighted by atomic mass is 19.1. The van der Waals surface area contributed by atoms with E-state index in [9.17, 15) is 9.18 Å². The molecule has 2 aromatic rings. The fourth-order valence-corrected chi connectivity index (χ4v) is 6.02. The van der Waals surface area contributed by atoms with Crippen LogP contribution >= 0.6 is 0 Å². The number of nitriles is 1. The molecule has 0 N–H and O–H groups in total. The van der Waals surface area contributed by atoms with E-state index in [-0.39, 0.29) is 28.6 Å². The van der Waals surface area contributed by atoms with Crippen LogP contribution in [-0.2, 0) is 0 Å². The van der Waals surface area contributed by atoms with E-state index in [1.807, 2.05) is 0 Å². The van der Waals surface area contributed by atoms with Gasteiger partial charge in [-0.05, 0) is 85.6 Å². The molecule has 2 aliphatic rings. The molecular weight excluding hydrogens is 432 g/mol. The van der Waals surface area contributed by atoms with E-state index in [0.717, 1.165) is 37.2 Å². The van der Waals surface area contributed by atoms with Gasteiger partial charge in [0, 0.05) is 6.07 Å². The largest absolute Gasteiger partial charge is 0.423 e. The summed E-state index contributed by atoms with van der Waals surface area (Å²) in [4.78, 5) is 12.5. The second kappa shape index (κ2) is 11.1. The van der Waals surface area contributed by atoms with Gasteiger partial charge in [-0.3, -0.25) is 0 Å². The quantitative estimate of drug-likeness (QED) is 0.237. The van der Waals surface area contributed by atoms with Crippen LogP contribution in [0.2, 0.25) is 0 Å². The number of nitrogens with zero attached hydrogens (tertiary/aromatic N) is 1. The summed E-state index contributed by atoms with van der Waals surface area (Å²) in [5, 5.41) is 8.81. The molecule has 5 heteroatoms. The zero-order valence-corrected chi connectivity index (χ0v) is 19.9. The lowest BCUT2D eigenvalue weighted by atomic mass is 9.63. The predicted octanol–water partition coefficient (Wildman–Crippen LogP) is 7.94. The molecule has 2 aromatic carbocycles. The van der Waals surface area contributed by atoms with Crippen LogP contribution in [0.3, 0.4) is 0 Å². The van der Waals surface area contributed by atoms with Crippen molar-refractivity contribution in [2.24, 2.45) is 17.8 Å². The van der Waals surface area contributed by atoms with Crippen LogP contribution in [0.15, 0.2) is 36.4 Å². The highest BCUT2D eigenvalue weighted by Gasteiger charge is 2.36. The van der Waals surface area contributed by atoms with Crippen molar-refractivity contribution in [2.75, 3.05) is 0 Å². The summed E-state index contributed by atoms with van der Waals surface area (Å²) in [6.45, 7) is 2.25. The van der Waals surface area contributed by atoms with E-state index in [0.29, 0.717) is 11.5 Å². The molecule has 0 spiro atoms. The van der Waals surface area contributed by atoms with Crippen molar-refractivity contribution in [3.05, 3.63) is 64.7 Å². The number of carbonyl (C=O) groups excluding carboxylic acids is 1. The Morgan fingerprint density at radius 3 is 2.53 bits per heavy atom. The van der Waals surface area contributed by atoms with Crippen LogP contribution < -0.4 is 4.74 Å². The molecule has 0 amide bonds. The Hall–Kier alpha value is -2.74. The SMILES string of the molecule is CCCCCC1CCC2CC(c3ccc(C(=O)Oc4ccc(C#N)c(F)c4)cc3F)CCC2C1. The van der Waals surface area contributed by atoms with Gasteiger partial charge in [0.15, 0.2) is 0 Å². The van der Waals surface area contributed by atoms with E-state index < -0.39 is 11.8 Å². The van der Waals surface area contributed by atoms with E-state index in [1.165, 1.54) is 63.1 Å². The minimum atomic E-state index is -0.764. The summed E-state index contributed by atoms with van der Waals surface area (Å²) in [6, 6.07) is 9.84. The lowest BCUT2D eigenvalue weighted by Crippen LogP contribution is -2.30. The van der Waals surface area contributed by atoms with Gasteiger partial charge >= 0.3 is 5.97 Å². The van der Waals surface area contributed by atoms with Gasteiger partial charge in [0.25, 0.3) is 0 Å². The van der Waals surface area contributed by atoms with Gasteiger partial charge in [0.05, 0.1) is 11.1 Å². The summed E-state index contributed by atoms with van der Waals surface area (Å²) in [7, 11) is 0. The molecular formula is C29H33F2NO2. The topological polar surface area (TPSA) is 50.1 Å². The number of benzene rings is 2. The molecule has 2 fully saturated rings. The van der Waals surface area contributed by atoms with E-state index in [2.05, 4.69) is 6.92 Å². The van der Waals surface area contributed by atoms with Crippen molar-refractivity contribution in [3.8, 4) is 11.8 Å². The number of carbonyl (C=O) groups is 1. The van der Waals surface area contributed by atoms with Gasteiger partial charge in [-0.15, -0.1) is 0 Å². The summed E-state index contributed by atoms with van der Waals surface area (Å²) in [6.07, 6.45) is 12.4. The zero-order chi connectivity index (χ0) is 24.1. The van der Waals surface area contributed by atoms with Crippen LogP contribution in [0.25, 0.3) is 0 Å². The van der Waals surface area contributed by atoms with Gasteiger partial charge < -0.3 is 4.74 Å². The van der Waals surface area contributed by atoms with E-state index in [1.54, 1.807) is 18.2 Å². The number of halogens is 2. The zero-order valence-electron chi connectivity index (χ0n) is 19.9. The molecule has 2 saturated carbocycles. The minimum absolute atomic E-state index is 0.0189.